The molecule has 0 aliphatic heterocycles. The van der Waals surface area contributed by atoms with E-state index in [-0.39, 0.29) is 29.5 Å². The number of methoxy groups -OCH3 is 2. The van der Waals surface area contributed by atoms with Crippen molar-refractivity contribution in [1.29, 1.82) is 0 Å². The van der Waals surface area contributed by atoms with Gasteiger partial charge in [0.05, 0.1) is 24.8 Å². The number of hydrogen-bond acceptors (Lipinski definition) is 8. The molecule has 0 aliphatic rings. The van der Waals surface area contributed by atoms with Crippen molar-refractivity contribution in [3.05, 3.63) is 28.2 Å². The Morgan fingerprint density at radius 3 is 2.52 bits per heavy atom. The van der Waals surface area contributed by atoms with Crippen LogP contribution in [0.2, 0.25) is 0 Å². The zero-order valence-electron chi connectivity index (χ0n) is 13.8. The predicted molar refractivity (Wildman–Crippen MR) is 83.3 cm³/mol. The Balaban J connectivity index is 2.17. The first-order chi connectivity index (χ1) is 11.9. The Morgan fingerprint density at radius 1 is 1.28 bits per heavy atom. The standard InChI is InChI=1S/C13H16N6O6/c1-4-17-5-8(11(15-17)13(21)25-3)14-10(20)7-18-6-9(19(22)23)12(16-18)24-2/h5-6H,4,7H2,1-3H3,(H,14,20). The molecule has 134 valence electrons. The van der Waals surface area contributed by atoms with Crippen LogP contribution in [0.1, 0.15) is 17.4 Å². The summed E-state index contributed by atoms with van der Waals surface area (Å²) in [6.07, 6.45) is 2.56. The van der Waals surface area contributed by atoms with Crippen LogP contribution in [0.5, 0.6) is 5.88 Å². The topological polar surface area (TPSA) is 143 Å². The first-order valence-corrected chi connectivity index (χ1v) is 7.11. The molecule has 0 radical (unpaired) electrons. The van der Waals surface area contributed by atoms with E-state index < -0.39 is 16.8 Å². The first kappa shape index (κ1) is 17.9. The molecule has 12 heteroatoms. The summed E-state index contributed by atoms with van der Waals surface area (Å²) in [5, 5.41) is 21.2. The first-order valence-electron chi connectivity index (χ1n) is 7.11. The van der Waals surface area contributed by atoms with Gasteiger partial charge in [-0.25, -0.2) is 4.79 Å². The van der Waals surface area contributed by atoms with E-state index in [1.165, 1.54) is 25.1 Å². The van der Waals surface area contributed by atoms with Gasteiger partial charge in [0.2, 0.25) is 5.91 Å². The Bertz CT molecular complexity index is 810. The highest BCUT2D eigenvalue weighted by Gasteiger charge is 2.22. The number of hydrogen-bond donors (Lipinski definition) is 1. The van der Waals surface area contributed by atoms with E-state index in [0.29, 0.717) is 6.54 Å². The highest BCUT2D eigenvalue weighted by atomic mass is 16.6. The number of nitrogens with one attached hydrogen (secondary N) is 1. The summed E-state index contributed by atoms with van der Waals surface area (Å²) in [5.41, 5.74) is -0.224. The quantitative estimate of drug-likeness (QED) is 0.429. The third kappa shape index (κ3) is 3.91. The van der Waals surface area contributed by atoms with Crippen molar-refractivity contribution in [3.63, 3.8) is 0 Å². The summed E-state index contributed by atoms with van der Waals surface area (Å²) < 4.78 is 11.9. The lowest BCUT2D eigenvalue weighted by atomic mass is 10.3. The number of carbonyl (C=O) groups is 2. The summed E-state index contributed by atoms with van der Waals surface area (Å²) in [6, 6.07) is 0. The molecular formula is C13H16N6O6. The number of nitrogens with zero attached hydrogens (tertiary/aromatic N) is 5. The maximum atomic E-state index is 12.1. The van der Waals surface area contributed by atoms with E-state index in [4.69, 9.17) is 4.74 Å². The summed E-state index contributed by atoms with van der Waals surface area (Å²) in [5.74, 6) is -1.45. The second-order valence-corrected chi connectivity index (χ2v) is 4.77. The van der Waals surface area contributed by atoms with E-state index in [1.807, 2.05) is 6.92 Å². The third-order valence-corrected chi connectivity index (χ3v) is 3.14. The normalized spacial score (nSPS) is 10.4. The van der Waals surface area contributed by atoms with Gasteiger partial charge in [0, 0.05) is 12.7 Å². The molecule has 0 saturated heterocycles. The van der Waals surface area contributed by atoms with E-state index in [0.717, 1.165) is 10.9 Å². The van der Waals surface area contributed by atoms with Crippen molar-refractivity contribution in [2.75, 3.05) is 19.5 Å². The number of ether oxygens (including phenoxy) is 2. The highest BCUT2D eigenvalue weighted by Crippen LogP contribution is 2.24. The number of carbonyl (C=O) groups excluding carboxylic acids is 2. The molecule has 2 aromatic rings. The molecule has 0 aromatic carbocycles. The van der Waals surface area contributed by atoms with Gasteiger partial charge < -0.3 is 14.8 Å². The van der Waals surface area contributed by atoms with Crippen molar-refractivity contribution in [3.8, 4) is 5.88 Å². The molecular weight excluding hydrogens is 336 g/mol. The molecule has 2 rings (SSSR count). The van der Waals surface area contributed by atoms with Crippen molar-refractivity contribution >= 4 is 23.3 Å². The molecule has 1 amide bonds. The molecule has 0 saturated carbocycles. The SMILES string of the molecule is CCn1cc(NC(=O)Cn2cc([N+](=O)[O-])c(OC)n2)c(C(=O)OC)n1. The molecule has 1 N–H and O–H groups in total. The molecule has 0 bridgehead atoms. The lowest BCUT2D eigenvalue weighted by Crippen LogP contribution is -2.20. The van der Waals surface area contributed by atoms with Gasteiger partial charge in [-0.2, -0.15) is 5.10 Å². The number of anilines is 1. The highest BCUT2D eigenvalue weighted by molar-refractivity contribution is 5.99. The molecule has 0 spiro atoms. The van der Waals surface area contributed by atoms with Crippen molar-refractivity contribution in [1.82, 2.24) is 19.6 Å². The number of aromatic nitrogens is 4. The molecule has 0 atom stereocenters. The van der Waals surface area contributed by atoms with Crippen molar-refractivity contribution < 1.29 is 24.0 Å². The minimum atomic E-state index is -0.695. The Morgan fingerprint density at radius 2 is 2.00 bits per heavy atom. The van der Waals surface area contributed by atoms with Crippen LogP contribution >= 0.6 is 0 Å². The second kappa shape index (κ2) is 7.42. The van der Waals surface area contributed by atoms with Crippen LogP contribution < -0.4 is 10.1 Å². The minimum absolute atomic E-state index is 0.0401. The summed E-state index contributed by atoms with van der Waals surface area (Å²) >= 11 is 0. The van der Waals surface area contributed by atoms with E-state index in [9.17, 15) is 19.7 Å². The number of nitro groups is 1. The van der Waals surface area contributed by atoms with Gasteiger partial charge in [0.15, 0.2) is 5.69 Å². The lowest BCUT2D eigenvalue weighted by Gasteiger charge is -2.04. The van der Waals surface area contributed by atoms with Crippen LogP contribution in [-0.2, 0) is 22.6 Å². The average molecular weight is 352 g/mol. The van der Waals surface area contributed by atoms with Crippen molar-refractivity contribution in [2.24, 2.45) is 0 Å². The average Bonchev–Trinajstić information content (AvgIpc) is 3.17. The van der Waals surface area contributed by atoms with Crippen LogP contribution in [0.3, 0.4) is 0 Å². The van der Waals surface area contributed by atoms with Gasteiger partial charge in [-0.05, 0) is 6.92 Å². The summed E-state index contributed by atoms with van der Waals surface area (Å²) in [4.78, 5) is 34.1. The second-order valence-electron chi connectivity index (χ2n) is 4.77. The monoisotopic (exact) mass is 352 g/mol. The van der Waals surface area contributed by atoms with Crippen LogP contribution in [0, 0.1) is 10.1 Å². The molecule has 0 aliphatic carbocycles. The maximum Gasteiger partial charge on any atom is 0.360 e. The van der Waals surface area contributed by atoms with Gasteiger partial charge in [0.1, 0.15) is 12.7 Å². The number of aryl methyl sites for hydroxylation is 1. The van der Waals surface area contributed by atoms with Crippen LogP contribution in [0.15, 0.2) is 12.4 Å². The Kier molecular flexibility index (Phi) is 5.31. The number of rotatable bonds is 7. The fourth-order valence-corrected chi connectivity index (χ4v) is 2.00. The van der Waals surface area contributed by atoms with Crippen LogP contribution in [0.25, 0.3) is 0 Å². The number of esters is 1. The van der Waals surface area contributed by atoms with Gasteiger partial charge in [-0.1, -0.05) is 0 Å². The van der Waals surface area contributed by atoms with E-state index in [2.05, 4.69) is 20.3 Å². The van der Waals surface area contributed by atoms with Gasteiger partial charge in [0.25, 0.3) is 0 Å². The molecule has 2 heterocycles. The molecule has 0 fully saturated rings. The Hall–Kier alpha value is -3.44. The predicted octanol–water partition coefficient (Wildman–Crippen LogP) is 0.442. The summed E-state index contributed by atoms with van der Waals surface area (Å²) in [6.45, 7) is 1.99. The van der Waals surface area contributed by atoms with Crippen LogP contribution in [0.4, 0.5) is 11.4 Å². The van der Waals surface area contributed by atoms with Gasteiger partial charge in [-0.3, -0.25) is 24.3 Å². The van der Waals surface area contributed by atoms with Crippen LogP contribution in [-0.4, -0.2) is 50.6 Å². The fourth-order valence-electron chi connectivity index (χ4n) is 2.00. The molecule has 0 unspecified atom stereocenters. The maximum absolute atomic E-state index is 12.1. The zero-order valence-corrected chi connectivity index (χ0v) is 13.8. The third-order valence-electron chi connectivity index (χ3n) is 3.14. The van der Waals surface area contributed by atoms with Gasteiger partial charge >= 0.3 is 17.5 Å². The molecule has 25 heavy (non-hydrogen) atoms. The Labute approximate surface area is 141 Å². The van der Waals surface area contributed by atoms with E-state index >= 15 is 0 Å². The van der Waals surface area contributed by atoms with E-state index in [1.54, 1.807) is 0 Å². The lowest BCUT2D eigenvalue weighted by molar-refractivity contribution is -0.385. The minimum Gasteiger partial charge on any atom is -0.475 e. The molecule has 12 nitrogen and oxygen atoms in total. The number of amides is 1. The smallest absolute Gasteiger partial charge is 0.360 e. The summed E-state index contributed by atoms with van der Waals surface area (Å²) in [7, 11) is 2.44. The van der Waals surface area contributed by atoms with Gasteiger partial charge in [-0.15, -0.1) is 5.10 Å². The zero-order chi connectivity index (χ0) is 18.6. The largest absolute Gasteiger partial charge is 0.475 e. The van der Waals surface area contributed by atoms with Crippen molar-refractivity contribution in [2.45, 2.75) is 20.0 Å². The fraction of sp³-hybridized carbons (Fsp3) is 0.385. The molecule has 2 aromatic heterocycles.